The highest BCUT2D eigenvalue weighted by molar-refractivity contribution is 4.74. The van der Waals surface area contributed by atoms with E-state index in [0.29, 0.717) is 6.10 Å². The predicted molar refractivity (Wildman–Crippen MR) is 69.8 cm³/mol. The van der Waals surface area contributed by atoms with E-state index in [1.165, 1.54) is 25.7 Å². The van der Waals surface area contributed by atoms with Crippen molar-refractivity contribution >= 4 is 0 Å². The molecule has 0 spiro atoms. The molecule has 0 amide bonds. The molecule has 0 aliphatic heterocycles. The minimum Gasteiger partial charge on any atom is -0.382 e. The van der Waals surface area contributed by atoms with Gasteiger partial charge in [-0.3, -0.25) is 0 Å². The molecule has 1 saturated carbocycles. The third-order valence-corrected chi connectivity index (χ3v) is 3.30. The first-order valence-corrected chi connectivity index (χ1v) is 6.84. The molecule has 1 rings (SSSR count). The summed E-state index contributed by atoms with van der Waals surface area (Å²) >= 11 is 0. The van der Waals surface area contributed by atoms with Crippen LogP contribution < -0.4 is 0 Å². The van der Waals surface area contributed by atoms with Crippen LogP contribution in [0.15, 0.2) is 0 Å². The number of hydrogen-bond donors (Lipinski definition) is 0. The minimum atomic E-state index is 0.500. The van der Waals surface area contributed by atoms with Gasteiger partial charge in [-0.25, -0.2) is 0 Å². The second-order valence-electron chi connectivity index (χ2n) is 4.64. The van der Waals surface area contributed by atoms with Gasteiger partial charge in [0.05, 0.1) is 19.3 Å². The van der Waals surface area contributed by atoms with E-state index in [9.17, 15) is 0 Å². The van der Waals surface area contributed by atoms with E-state index in [1.807, 2.05) is 13.8 Å². The standard InChI is InChI=1S/C12H24O2.C2H6/c1-10(2)11-4-6-12(7-5-11)14-9-8-13-3;1-2/h10-12H,4-9H2,1-3H3;1-2H3. The highest BCUT2D eigenvalue weighted by Crippen LogP contribution is 2.31. The molecular weight excluding hydrogens is 200 g/mol. The van der Waals surface area contributed by atoms with Crippen LogP contribution in [0, 0.1) is 11.8 Å². The second kappa shape index (κ2) is 10.1. The summed E-state index contributed by atoms with van der Waals surface area (Å²) in [6, 6.07) is 0. The van der Waals surface area contributed by atoms with Crippen molar-refractivity contribution in [2.75, 3.05) is 20.3 Å². The summed E-state index contributed by atoms with van der Waals surface area (Å²) in [5.41, 5.74) is 0. The third kappa shape index (κ3) is 6.49. The zero-order valence-electron chi connectivity index (χ0n) is 11.8. The monoisotopic (exact) mass is 230 g/mol. The van der Waals surface area contributed by atoms with Crippen LogP contribution in [0.25, 0.3) is 0 Å². The van der Waals surface area contributed by atoms with E-state index >= 15 is 0 Å². The van der Waals surface area contributed by atoms with Crippen LogP contribution in [0.5, 0.6) is 0 Å². The molecule has 0 aromatic heterocycles. The summed E-state index contributed by atoms with van der Waals surface area (Å²) in [7, 11) is 1.72. The molecule has 0 aromatic carbocycles. The van der Waals surface area contributed by atoms with Crippen molar-refractivity contribution in [3.05, 3.63) is 0 Å². The van der Waals surface area contributed by atoms with Crippen molar-refractivity contribution in [1.82, 2.24) is 0 Å². The number of rotatable bonds is 5. The van der Waals surface area contributed by atoms with Crippen molar-refractivity contribution in [1.29, 1.82) is 0 Å². The van der Waals surface area contributed by atoms with Gasteiger partial charge in [-0.05, 0) is 37.5 Å². The molecule has 0 heterocycles. The molecule has 1 fully saturated rings. The molecule has 1 aliphatic rings. The van der Waals surface area contributed by atoms with Gasteiger partial charge in [-0.2, -0.15) is 0 Å². The predicted octanol–water partition coefficient (Wildman–Crippen LogP) is 3.89. The summed E-state index contributed by atoms with van der Waals surface area (Å²) in [4.78, 5) is 0. The molecule has 0 bridgehead atoms. The van der Waals surface area contributed by atoms with Crippen molar-refractivity contribution < 1.29 is 9.47 Å². The summed E-state index contributed by atoms with van der Waals surface area (Å²) in [5.74, 6) is 1.77. The fraction of sp³-hybridized carbons (Fsp3) is 1.00. The molecule has 1 aliphatic carbocycles. The fourth-order valence-corrected chi connectivity index (χ4v) is 2.22. The Hall–Kier alpha value is -0.0800. The highest BCUT2D eigenvalue weighted by Gasteiger charge is 2.23. The third-order valence-electron chi connectivity index (χ3n) is 3.30. The molecule has 2 nitrogen and oxygen atoms in total. The Bertz CT molecular complexity index is 138. The SMILES string of the molecule is CC.COCCOC1CCC(C(C)C)CC1. The quantitative estimate of drug-likeness (QED) is 0.667. The molecule has 16 heavy (non-hydrogen) atoms. The second-order valence-corrected chi connectivity index (χ2v) is 4.64. The van der Waals surface area contributed by atoms with Gasteiger partial charge in [-0.1, -0.05) is 27.7 Å². The van der Waals surface area contributed by atoms with Gasteiger partial charge in [0, 0.05) is 7.11 Å². The summed E-state index contributed by atoms with van der Waals surface area (Å²) in [6.45, 7) is 10.1. The Morgan fingerprint density at radius 3 is 2.00 bits per heavy atom. The van der Waals surface area contributed by atoms with Crippen LogP contribution in [0.3, 0.4) is 0 Å². The van der Waals surface area contributed by atoms with Gasteiger partial charge in [0.25, 0.3) is 0 Å². The van der Waals surface area contributed by atoms with Crippen molar-refractivity contribution in [2.45, 2.75) is 59.5 Å². The molecule has 0 unspecified atom stereocenters. The lowest BCUT2D eigenvalue weighted by atomic mass is 9.80. The lowest BCUT2D eigenvalue weighted by Crippen LogP contribution is -2.25. The van der Waals surface area contributed by atoms with Crippen molar-refractivity contribution in [3.8, 4) is 0 Å². The molecule has 0 atom stereocenters. The van der Waals surface area contributed by atoms with Crippen LogP contribution in [-0.4, -0.2) is 26.4 Å². The van der Waals surface area contributed by atoms with Crippen molar-refractivity contribution in [3.63, 3.8) is 0 Å². The van der Waals surface area contributed by atoms with Crippen LogP contribution in [0.4, 0.5) is 0 Å². The molecule has 0 N–H and O–H groups in total. The van der Waals surface area contributed by atoms with Gasteiger partial charge in [0.1, 0.15) is 0 Å². The average Bonchev–Trinajstić information content (AvgIpc) is 2.33. The first kappa shape index (κ1) is 15.9. The van der Waals surface area contributed by atoms with Gasteiger partial charge < -0.3 is 9.47 Å². The zero-order chi connectivity index (χ0) is 12.4. The van der Waals surface area contributed by atoms with Crippen LogP contribution in [0.2, 0.25) is 0 Å². The molecule has 0 radical (unpaired) electrons. The van der Waals surface area contributed by atoms with E-state index in [4.69, 9.17) is 9.47 Å². The maximum atomic E-state index is 5.73. The van der Waals surface area contributed by atoms with E-state index in [0.717, 1.165) is 25.0 Å². The summed E-state index contributed by atoms with van der Waals surface area (Å²) < 4.78 is 10.7. The van der Waals surface area contributed by atoms with Crippen LogP contribution in [-0.2, 0) is 9.47 Å². The minimum absolute atomic E-state index is 0.500. The molecule has 0 aromatic rings. The van der Waals surface area contributed by atoms with Gasteiger partial charge in [0.15, 0.2) is 0 Å². The van der Waals surface area contributed by atoms with Crippen LogP contribution >= 0.6 is 0 Å². The number of hydrogen-bond acceptors (Lipinski definition) is 2. The Labute approximate surface area is 102 Å². The van der Waals surface area contributed by atoms with Gasteiger partial charge >= 0.3 is 0 Å². The maximum Gasteiger partial charge on any atom is 0.0704 e. The van der Waals surface area contributed by atoms with Gasteiger partial charge in [-0.15, -0.1) is 0 Å². The summed E-state index contributed by atoms with van der Waals surface area (Å²) in [5, 5.41) is 0. The Morgan fingerprint density at radius 1 is 1.00 bits per heavy atom. The van der Waals surface area contributed by atoms with Crippen LogP contribution in [0.1, 0.15) is 53.4 Å². The average molecular weight is 230 g/mol. The topological polar surface area (TPSA) is 18.5 Å². The molecule has 2 heteroatoms. The molecule has 0 saturated heterocycles. The largest absolute Gasteiger partial charge is 0.382 e. The first-order chi connectivity index (χ1) is 7.74. The lowest BCUT2D eigenvalue weighted by Gasteiger charge is -2.30. The van der Waals surface area contributed by atoms with E-state index in [-0.39, 0.29) is 0 Å². The number of ether oxygens (including phenoxy) is 2. The normalized spacial score (nSPS) is 25.1. The zero-order valence-corrected chi connectivity index (χ0v) is 11.8. The maximum absolute atomic E-state index is 5.73. The smallest absolute Gasteiger partial charge is 0.0704 e. The van der Waals surface area contributed by atoms with Gasteiger partial charge in [0.2, 0.25) is 0 Å². The van der Waals surface area contributed by atoms with Crippen molar-refractivity contribution in [2.24, 2.45) is 11.8 Å². The van der Waals surface area contributed by atoms with E-state index in [2.05, 4.69) is 13.8 Å². The fourth-order valence-electron chi connectivity index (χ4n) is 2.22. The Morgan fingerprint density at radius 2 is 1.56 bits per heavy atom. The number of methoxy groups -OCH3 is 1. The highest BCUT2D eigenvalue weighted by atomic mass is 16.5. The molecule has 98 valence electrons. The summed E-state index contributed by atoms with van der Waals surface area (Å²) in [6.07, 6.45) is 5.67. The Kier molecular flexibility index (Phi) is 10.0. The van der Waals surface area contributed by atoms with E-state index < -0.39 is 0 Å². The lowest BCUT2D eigenvalue weighted by molar-refractivity contribution is -0.0109. The van der Waals surface area contributed by atoms with E-state index in [1.54, 1.807) is 7.11 Å². The molecular formula is C14H30O2. The first-order valence-electron chi connectivity index (χ1n) is 6.84. The Balaban J connectivity index is 0.00000106.